The van der Waals surface area contributed by atoms with Crippen LogP contribution in [0.2, 0.25) is 0 Å². The smallest absolute Gasteiger partial charge is 0.0934 e. The topological polar surface area (TPSA) is 22.8 Å². The zero-order chi connectivity index (χ0) is 41.0. The van der Waals surface area contributed by atoms with Gasteiger partial charge in [-0.1, -0.05) is 182 Å². The van der Waals surface area contributed by atoms with E-state index in [0.29, 0.717) is 0 Å². The molecule has 2 aromatic heterocycles. The predicted molar refractivity (Wildman–Crippen MR) is 260 cm³/mol. The van der Waals surface area contributed by atoms with Crippen molar-refractivity contribution in [3.63, 3.8) is 0 Å². The second-order valence-electron chi connectivity index (χ2n) is 16.0. The first-order valence-electron chi connectivity index (χ1n) is 21.2. The minimum atomic E-state index is 0.938. The van der Waals surface area contributed by atoms with Gasteiger partial charge >= 0.3 is 0 Å². The van der Waals surface area contributed by atoms with Crippen LogP contribution in [-0.4, -0.2) is 14.3 Å². The molecule has 0 radical (unpaired) electrons. The summed E-state index contributed by atoms with van der Waals surface area (Å²) in [6, 6.07) is 85.3. The number of benzene rings is 10. The molecule has 0 atom stereocenters. The minimum Gasteiger partial charge on any atom is -0.309 e. The molecule has 12 aromatic rings. The Morgan fingerprint density at radius 3 is 1.27 bits per heavy atom. The summed E-state index contributed by atoms with van der Waals surface area (Å²) in [6.07, 6.45) is 0. The molecule has 0 N–H and O–H groups in total. The molecule has 0 aliphatic rings. The molecule has 10 aromatic carbocycles. The number of para-hydroxylation sites is 2. The van der Waals surface area contributed by atoms with Crippen molar-refractivity contribution in [2.75, 3.05) is 0 Å². The monoisotopic (exact) mass is 789 g/mol. The number of rotatable bonds is 7. The van der Waals surface area contributed by atoms with Gasteiger partial charge in [0.2, 0.25) is 0 Å². The SMILES string of the molecule is c1ccc(-c2ccccc2-c2ccc(-n3c4ccccc4c4ccccc43)cc2)c(-c2ccc(-n3nc(-c4ccc5ccccc5c4)cc3-c3ccc4ccccc4c3)cc2)c1. The number of hydrogen-bond acceptors (Lipinski definition) is 1. The molecule has 0 fully saturated rings. The average molecular weight is 790 g/mol. The molecule has 0 aliphatic heterocycles. The highest BCUT2D eigenvalue weighted by Gasteiger charge is 2.17. The van der Waals surface area contributed by atoms with Crippen LogP contribution in [-0.2, 0) is 0 Å². The van der Waals surface area contributed by atoms with Crippen LogP contribution < -0.4 is 0 Å². The van der Waals surface area contributed by atoms with E-state index in [1.54, 1.807) is 0 Å². The van der Waals surface area contributed by atoms with E-state index in [2.05, 4.69) is 246 Å². The summed E-state index contributed by atoms with van der Waals surface area (Å²) in [5, 5.41) is 12.7. The molecule has 0 saturated carbocycles. The summed E-state index contributed by atoms with van der Waals surface area (Å²) < 4.78 is 4.47. The Bertz CT molecular complexity index is 3570. The second-order valence-corrected chi connectivity index (χ2v) is 16.0. The van der Waals surface area contributed by atoms with Crippen molar-refractivity contribution in [2.45, 2.75) is 0 Å². The number of nitrogens with zero attached hydrogens (tertiary/aromatic N) is 3. The molecule has 0 spiro atoms. The van der Waals surface area contributed by atoms with Gasteiger partial charge in [-0.25, -0.2) is 4.68 Å². The van der Waals surface area contributed by atoms with E-state index in [0.717, 1.165) is 39.5 Å². The van der Waals surface area contributed by atoms with Crippen LogP contribution in [0.4, 0.5) is 0 Å². The van der Waals surface area contributed by atoms with Gasteiger partial charge in [-0.3, -0.25) is 0 Å². The lowest BCUT2D eigenvalue weighted by Gasteiger charge is -2.16. The Morgan fingerprint density at radius 2 is 0.710 bits per heavy atom. The van der Waals surface area contributed by atoms with Gasteiger partial charge in [0.1, 0.15) is 0 Å². The minimum absolute atomic E-state index is 0.938. The molecule has 3 nitrogen and oxygen atoms in total. The molecule has 62 heavy (non-hydrogen) atoms. The molecule has 0 saturated heterocycles. The number of fused-ring (bicyclic) bond motifs is 5. The fourth-order valence-electron chi connectivity index (χ4n) is 9.33. The highest BCUT2D eigenvalue weighted by Crippen LogP contribution is 2.40. The lowest BCUT2D eigenvalue weighted by atomic mass is 9.89. The van der Waals surface area contributed by atoms with Crippen molar-refractivity contribution >= 4 is 43.4 Å². The lowest BCUT2D eigenvalue weighted by Crippen LogP contribution is -1.99. The van der Waals surface area contributed by atoms with E-state index >= 15 is 0 Å². The lowest BCUT2D eigenvalue weighted by molar-refractivity contribution is 0.892. The first-order chi connectivity index (χ1) is 30.7. The maximum atomic E-state index is 5.29. The summed E-state index contributed by atoms with van der Waals surface area (Å²) >= 11 is 0. The average Bonchev–Trinajstić information content (AvgIpc) is 3.95. The predicted octanol–water partition coefficient (Wildman–Crippen LogP) is 15.6. The van der Waals surface area contributed by atoms with Crippen molar-refractivity contribution < 1.29 is 0 Å². The highest BCUT2D eigenvalue weighted by atomic mass is 15.3. The molecule has 0 bridgehead atoms. The van der Waals surface area contributed by atoms with Crippen LogP contribution in [0.3, 0.4) is 0 Å². The van der Waals surface area contributed by atoms with Gasteiger partial charge in [0.25, 0.3) is 0 Å². The molecule has 0 amide bonds. The molecular formula is C59H39N3. The summed E-state index contributed by atoms with van der Waals surface area (Å²) in [6.45, 7) is 0. The van der Waals surface area contributed by atoms with Crippen molar-refractivity contribution in [3.8, 4) is 67.3 Å². The van der Waals surface area contributed by atoms with Crippen molar-refractivity contribution in [3.05, 3.63) is 237 Å². The van der Waals surface area contributed by atoms with E-state index in [1.165, 1.54) is 71.2 Å². The Balaban J connectivity index is 0.917. The standard InChI is InChI=1S/C59H39N3/c1-3-15-44-37-46(27-25-40(44)13-1)56-39-59(47-28-26-41-14-2-4-16-45(41)38-47)62(60-56)49-35-31-43(32-36-49)51-18-6-8-20-53(51)52-19-7-5-17-50(52)42-29-33-48(34-30-42)61-57-23-11-9-21-54(57)55-22-10-12-24-58(55)61/h1-39H. The van der Waals surface area contributed by atoms with Crippen LogP contribution in [0.15, 0.2) is 237 Å². The largest absolute Gasteiger partial charge is 0.309 e. The Hall–Kier alpha value is -8.27. The van der Waals surface area contributed by atoms with Gasteiger partial charge < -0.3 is 4.57 Å². The zero-order valence-corrected chi connectivity index (χ0v) is 33.9. The summed E-state index contributed by atoms with van der Waals surface area (Å²) in [5.74, 6) is 0. The first-order valence-corrected chi connectivity index (χ1v) is 21.2. The third-order valence-corrected chi connectivity index (χ3v) is 12.4. The number of hydrogen-bond donors (Lipinski definition) is 0. The van der Waals surface area contributed by atoms with Gasteiger partial charge in [0.15, 0.2) is 0 Å². The fraction of sp³-hybridized carbons (Fsp3) is 0. The normalized spacial score (nSPS) is 11.5. The number of aromatic nitrogens is 3. The molecule has 2 heterocycles. The summed E-state index contributed by atoms with van der Waals surface area (Å²) in [7, 11) is 0. The maximum Gasteiger partial charge on any atom is 0.0934 e. The van der Waals surface area contributed by atoms with E-state index in [1.807, 2.05) is 0 Å². The van der Waals surface area contributed by atoms with E-state index in [4.69, 9.17) is 5.10 Å². The molecular weight excluding hydrogens is 751 g/mol. The Labute approximate surface area is 360 Å². The van der Waals surface area contributed by atoms with Gasteiger partial charge in [-0.15, -0.1) is 0 Å². The van der Waals surface area contributed by atoms with Crippen molar-refractivity contribution in [1.29, 1.82) is 0 Å². The van der Waals surface area contributed by atoms with Crippen LogP contribution in [0.1, 0.15) is 0 Å². The fourth-order valence-corrected chi connectivity index (χ4v) is 9.33. The molecule has 0 unspecified atom stereocenters. The van der Waals surface area contributed by atoms with Crippen LogP contribution in [0, 0.1) is 0 Å². The third kappa shape index (κ3) is 6.10. The molecule has 0 aliphatic carbocycles. The molecule has 12 rings (SSSR count). The molecule has 290 valence electrons. The van der Waals surface area contributed by atoms with Gasteiger partial charge in [0, 0.05) is 27.6 Å². The summed E-state index contributed by atoms with van der Waals surface area (Å²) in [5.41, 5.74) is 15.9. The van der Waals surface area contributed by atoms with Gasteiger partial charge in [-0.05, 0) is 110 Å². The van der Waals surface area contributed by atoms with Crippen LogP contribution >= 0.6 is 0 Å². The van der Waals surface area contributed by atoms with E-state index < -0.39 is 0 Å². The highest BCUT2D eigenvalue weighted by molar-refractivity contribution is 6.09. The molecule has 3 heteroatoms. The zero-order valence-electron chi connectivity index (χ0n) is 33.9. The van der Waals surface area contributed by atoms with E-state index in [9.17, 15) is 0 Å². The van der Waals surface area contributed by atoms with Crippen LogP contribution in [0.5, 0.6) is 0 Å². The van der Waals surface area contributed by atoms with Gasteiger partial charge in [-0.2, -0.15) is 5.10 Å². The first kappa shape index (κ1) is 35.7. The Kier molecular flexibility index (Phi) is 8.50. The quantitative estimate of drug-likeness (QED) is 0.158. The Morgan fingerprint density at radius 1 is 0.290 bits per heavy atom. The second kappa shape index (κ2) is 14.8. The van der Waals surface area contributed by atoms with Crippen molar-refractivity contribution in [2.24, 2.45) is 0 Å². The summed E-state index contributed by atoms with van der Waals surface area (Å²) in [4.78, 5) is 0. The van der Waals surface area contributed by atoms with E-state index in [-0.39, 0.29) is 0 Å². The maximum absolute atomic E-state index is 5.29. The van der Waals surface area contributed by atoms with Crippen molar-refractivity contribution in [1.82, 2.24) is 14.3 Å². The van der Waals surface area contributed by atoms with Gasteiger partial charge in [0.05, 0.1) is 28.1 Å². The third-order valence-electron chi connectivity index (χ3n) is 12.4. The van der Waals surface area contributed by atoms with Crippen LogP contribution in [0.25, 0.3) is 111 Å².